The van der Waals surface area contributed by atoms with E-state index in [4.69, 9.17) is 4.74 Å². The molecular weight excluding hydrogens is 337 g/mol. The molecule has 0 fully saturated rings. The summed E-state index contributed by atoms with van der Waals surface area (Å²) in [5.74, 6) is 0.843. The van der Waals surface area contributed by atoms with Crippen LogP contribution < -0.4 is 15.4 Å². The summed E-state index contributed by atoms with van der Waals surface area (Å²) in [6.45, 7) is 8.66. The predicted octanol–water partition coefficient (Wildman–Crippen LogP) is 2.80. The summed E-state index contributed by atoms with van der Waals surface area (Å²) in [6, 6.07) is 7.50. The number of hydrogen-bond donors (Lipinski definition) is 2. The topological polar surface area (TPSA) is 53.6 Å². The van der Waals surface area contributed by atoms with Crippen LogP contribution >= 0.6 is 24.8 Å². The molecule has 0 atom stereocenters. The lowest BCUT2D eigenvalue weighted by Crippen LogP contribution is -2.27. The molecule has 0 spiro atoms. The average Bonchev–Trinajstić information content (AvgIpc) is 2.51. The number of hydrogen-bond acceptors (Lipinski definition) is 4. The molecular formula is C16H29Cl2N3O2. The molecule has 0 aliphatic rings. The van der Waals surface area contributed by atoms with Crippen molar-refractivity contribution in [2.24, 2.45) is 0 Å². The standard InChI is InChI=1S/C16H27N3O2.2ClH/c1-4-19(5-2)12-13-21-15-8-6-14(7-9-15)18-16(20)10-11-17-3;;/h6-9,17H,4-5,10-13H2,1-3H3,(H,18,20);2*1H. The maximum Gasteiger partial charge on any atom is 0.225 e. The molecule has 0 radical (unpaired) electrons. The highest BCUT2D eigenvalue weighted by molar-refractivity contribution is 5.90. The van der Waals surface area contributed by atoms with Crippen LogP contribution in [0.2, 0.25) is 0 Å². The molecule has 0 aliphatic carbocycles. The number of ether oxygens (including phenoxy) is 1. The molecule has 0 aromatic heterocycles. The average molecular weight is 366 g/mol. The van der Waals surface area contributed by atoms with Crippen LogP contribution in [-0.4, -0.2) is 50.6 Å². The second-order valence-corrected chi connectivity index (χ2v) is 4.80. The van der Waals surface area contributed by atoms with Crippen LogP contribution in [0.1, 0.15) is 20.3 Å². The fourth-order valence-corrected chi connectivity index (χ4v) is 1.93. The molecule has 1 aromatic carbocycles. The van der Waals surface area contributed by atoms with E-state index in [2.05, 4.69) is 29.4 Å². The Kier molecular flexibility index (Phi) is 15.4. The molecule has 0 heterocycles. The zero-order valence-electron chi connectivity index (χ0n) is 14.1. The van der Waals surface area contributed by atoms with Gasteiger partial charge in [-0.05, 0) is 44.4 Å². The highest BCUT2D eigenvalue weighted by Gasteiger charge is 2.02. The van der Waals surface area contributed by atoms with Crippen LogP contribution in [0.3, 0.4) is 0 Å². The second-order valence-electron chi connectivity index (χ2n) is 4.80. The van der Waals surface area contributed by atoms with Crippen molar-refractivity contribution >= 4 is 36.4 Å². The van der Waals surface area contributed by atoms with Gasteiger partial charge in [-0.25, -0.2) is 0 Å². The van der Waals surface area contributed by atoms with Gasteiger partial charge in [0.2, 0.25) is 5.91 Å². The third-order valence-corrected chi connectivity index (χ3v) is 3.31. The first-order valence-electron chi connectivity index (χ1n) is 7.59. The van der Waals surface area contributed by atoms with Crippen LogP contribution in [0, 0.1) is 0 Å². The van der Waals surface area contributed by atoms with Gasteiger partial charge in [0.05, 0.1) is 0 Å². The lowest BCUT2D eigenvalue weighted by molar-refractivity contribution is -0.116. The van der Waals surface area contributed by atoms with Crippen LogP contribution in [0.4, 0.5) is 5.69 Å². The molecule has 5 nitrogen and oxygen atoms in total. The SMILES string of the molecule is CCN(CC)CCOc1ccc(NC(=O)CCNC)cc1.Cl.Cl. The van der Waals surface area contributed by atoms with E-state index in [-0.39, 0.29) is 30.7 Å². The largest absolute Gasteiger partial charge is 0.492 e. The number of anilines is 1. The van der Waals surface area contributed by atoms with Crippen molar-refractivity contribution in [1.82, 2.24) is 10.2 Å². The summed E-state index contributed by atoms with van der Waals surface area (Å²) in [4.78, 5) is 13.9. The third-order valence-electron chi connectivity index (χ3n) is 3.31. The van der Waals surface area contributed by atoms with Crippen LogP contribution in [0.25, 0.3) is 0 Å². The molecule has 7 heteroatoms. The van der Waals surface area contributed by atoms with E-state index in [0.717, 1.165) is 31.1 Å². The van der Waals surface area contributed by atoms with Gasteiger partial charge in [0.15, 0.2) is 0 Å². The number of nitrogens with zero attached hydrogens (tertiary/aromatic N) is 1. The Morgan fingerprint density at radius 2 is 1.74 bits per heavy atom. The summed E-state index contributed by atoms with van der Waals surface area (Å²) in [7, 11) is 1.83. The third kappa shape index (κ3) is 10.4. The van der Waals surface area contributed by atoms with E-state index >= 15 is 0 Å². The molecule has 0 saturated carbocycles. The summed E-state index contributed by atoms with van der Waals surface area (Å²) >= 11 is 0. The summed E-state index contributed by atoms with van der Waals surface area (Å²) in [5, 5.41) is 5.80. The van der Waals surface area contributed by atoms with Gasteiger partial charge >= 0.3 is 0 Å². The minimum atomic E-state index is 0. The highest BCUT2D eigenvalue weighted by Crippen LogP contribution is 2.15. The molecule has 1 rings (SSSR count). The molecule has 23 heavy (non-hydrogen) atoms. The lowest BCUT2D eigenvalue weighted by Gasteiger charge is -2.18. The smallest absolute Gasteiger partial charge is 0.225 e. The van der Waals surface area contributed by atoms with Gasteiger partial charge < -0.3 is 20.3 Å². The summed E-state index contributed by atoms with van der Waals surface area (Å²) in [5.41, 5.74) is 0.798. The number of nitrogens with one attached hydrogen (secondary N) is 2. The number of amides is 1. The van der Waals surface area contributed by atoms with Crippen molar-refractivity contribution in [1.29, 1.82) is 0 Å². The fourth-order valence-electron chi connectivity index (χ4n) is 1.93. The Morgan fingerprint density at radius 1 is 1.13 bits per heavy atom. The minimum absolute atomic E-state index is 0. The fraction of sp³-hybridized carbons (Fsp3) is 0.562. The Labute approximate surface area is 152 Å². The van der Waals surface area contributed by atoms with Gasteiger partial charge in [0, 0.05) is 25.2 Å². The normalized spacial score (nSPS) is 9.74. The van der Waals surface area contributed by atoms with Gasteiger partial charge in [-0.3, -0.25) is 4.79 Å². The maximum atomic E-state index is 11.6. The zero-order chi connectivity index (χ0) is 15.5. The van der Waals surface area contributed by atoms with Crippen LogP contribution in [0.5, 0.6) is 5.75 Å². The van der Waals surface area contributed by atoms with Gasteiger partial charge in [-0.15, -0.1) is 24.8 Å². The van der Waals surface area contributed by atoms with Gasteiger partial charge in [0.1, 0.15) is 12.4 Å². The van der Waals surface area contributed by atoms with E-state index in [9.17, 15) is 4.79 Å². The molecule has 0 aliphatic heterocycles. The summed E-state index contributed by atoms with van der Waals surface area (Å²) < 4.78 is 5.70. The number of carbonyl (C=O) groups excluding carboxylic acids is 1. The minimum Gasteiger partial charge on any atom is -0.492 e. The predicted molar refractivity (Wildman–Crippen MR) is 101 cm³/mol. The Balaban J connectivity index is 0. The summed E-state index contributed by atoms with van der Waals surface area (Å²) in [6.07, 6.45) is 0.471. The lowest BCUT2D eigenvalue weighted by atomic mass is 10.3. The van der Waals surface area contributed by atoms with Crippen molar-refractivity contribution < 1.29 is 9.53 Å². The number of rotatable bonds is 10. The molecule has 0 saturated heterocycles. The van der Waals surface area contributed by atoms with E-state index < -0.39 is 0 Å². The van der Waals surface area contributed by atoms with Gasteiger partial charge in [0.25, 0.3) is 0 Å². The molecule has 0 unspecified atom stereocenters. The number of carbonyl (C=O) groups is 1. The van der Waals surface area contributed by atoms with Crippen molar-refractivity contribution in [3.8, 4) is 5.75 Å². The first-order chi connectivity index (χ1) is 10.2. The molecule has 2 N–H and O–H groups in total. The van der Waals surface area contributed by atoms with E-state index in [1.807, 2.05) is 31.3 Å². The van der Waals surface area contributed by atoms with Crippen molar-refractivity contribution in [3.63, 3.8) is 0 Å². The molecule has 1 aromatic rings. The molecule has 0 bridgehead atoms. The van der Waals surface area contributed by atoms with Crippen LogP contribution in [-0.2, 0) is 4.79 Å². The first-order valence-corrected chi connectivity index (χ1v) is 7.59. The maximum absolute atomic E-state index is 11.6. The Morgan fingerprint density at radius 3 is 2.26 bits per heavy atom. The first kappa shape index (κ1) is 24.2. The Bertz CT molecular complexity index is 412. The van der Waals surface area contributed by atoms with E-state index in [1.165, 1.54) is 0 Å². The van der Waals surface area contributed by atoms with E-state index in [1.54, 1.807) is 0 Å². The Hall–Kier alpha value is -1.01. The van der Waals surface area contributed by atoms with Crippen LogP contribution in [0.15, 0.2) is 24.3 Å². The number of benzene rings is 1. The van der Waals surface area contributed by atoms with Crippen molar-refractivity contribution in [2.75, 3.05) is 45.2 Å². The number of likely N-dealkylation sites (N-methyl/N-ethyl adjacent to an activating group) is 1. The zero-order valence-corrected chi connectivity index (χ0v) is 15.8. The highest BCUT2D eigenvalue weighted by atomic mass is 35.5. The molecule has 134 valence electrons. The van der Waals surface area contributed by atoms with Crippen molar-refractivity contribution in [2.45, 2.75) is 20.3 Å². The van der Waals surface area contributed by atoms with Gasteiger partial charge in [-0.1, -0.05) is 13.8 Å². The number of halogens is 2. The second kappa shape index (κ2) is 14.6. The van der Waals surface area contributed by atoms with E-state index in [0.29, 0.717) is 19.6 Å². The quantitative estimate of drug-likeness (QED) is 0.669. The monoisotopic (exact) mass is 365 g/mol. The van der Waals surface area contributed by atoms with Crippen molar-refractivity contribution in [3.05, 3.63) is 24.3 Å². The van der Waals surface area contributed by atoms with Gasteiger partial charge in [-0.2, -0.15) is 0 Å². The molecule has 1 amide bonds.